The highest BCUT2D eigenvalue weighted by Gasteiger charge is 2.16. The van der Waals surface area contributed by atoms with Crippen molar-refractivity contribution in [2.24, 2.45) is 5.92 Å². The third kappa shape index (κ3) is 3.05. The number of hydrogen-bond acceptors (Lipinski definition) is 2. The molecule has 2 aliphatic rings. The van der Waals surface area contributed by atoms with Crippen molar-refractivity contribution in [1.29, 1.82) is 0 Å². The molecule has 0 bridgehead atoms. The van der Waals surface area contributed by atoms with Crippen LogP contribution in [0.5, 0.6) is 0 Å². The van der Waals surface area contributed by atoms with E-state index < -0.39 is 0 Å². The van der Waals surface area contributed by atoms with Gasteiger partial charge in [-0.15, -0.1) is 0 Å². The summed E-state index contributed by atoms with van der Waals surface area (Å²) in [4.78, 5) is 2.51. The average Bonchev–Trinajstić information content (AvgIpc) is 3.10. The SMILES string of the molecule is Cc1cc(N2CCCC2)ccc1NCC1CCCC1. The molecule has 0 radical (unpaired) electrons. The van der Waals surface area contributed by atoms with E-state index in [0.717, 1.165) is 12.5 Å². The van der Waals surface area contributed by atoms with Gasteiger partial charge in [0.1, 0.15) is 0 Å². The second-order valence-electron chi connectivity index (χ2n) is 6.22. The molecule has 1 aromatic rings. The van der Waals surface area contributed by atoms with Gasteiger partial charge in [0.05, 0.1) is 0 Å². The highest BCUT2D eigenvalue weighted by molar-refractivity contribution is 5.60. The third-order valence-corrected chi connectivity index (χ3v) is 4.74. The third-order valence-electron chi connectivity index (χ3n) is 4.74. The number of hydrogen-bond donors (Lipinski definition) is 1. The van der Waals surface area contributed by atoms with Crippen molar-refractivity contribution < 1.29 is 0 Å². The second-order valence-corrected chi connectivity index (χ2v) is 6.22. The Morgan fingerprint density at radius 2 is 1.84 bits per heavy atom. The minimum absolute atomic E-state index is 0.901. The van der Waals surface area contributed by atoms with Crippen LogP contribution in [0.1, 0.15) is 44.1 Å². The summed E-state index contributed by atoms with van der Waals surface area (Å²) in [5.41, 5.74) is 4.12. The number of nitrogens with zero attached hydrogens (tertiary/aromatic N) is 1. The van der Waals surface area contributed by atoms with Crippen molar-refractivity contribution in [3.63, 3.8) is 0 Å². The van der Waals surface area contributed by atoms with Crippen molar-refractivity contribution >= 4 is 11.4 Å². The number of rotatable bonds is 4. The zero-order chi connectivity index (χ0) is 13.1. The van der Waals surface area contributed by atoms with Gasteiger partial charge in [-0.3, -0.25) is 0 Å². The van der Waals surface area contributed by atoms with Gasteiger partial charge >= 0.3 is 0 Å². The van der Waals surface area contributed by atoms with Gasteiger partial charge < -0.3 is 10.2 Å². The largest absolute Gasteiger partial charge is 0.385 e. The van der Waals surface area contributed by atoms with Gasteiger partial charge in [0.25, 0.3) is 0 Å². The lowest BCUT2D eigenvalue weighted by Gasteiger charge is -2.20. The topological polar surface area (TPSA) is 15.3 Å². The molecule has 2 fully saturated rings. The smallest absolute Gasteiger partial charge is 0.0371 e. The van der Waals surface area contributed by atoms with Crippen LogP contribution < -0.4 is 10.2 Å². The zero-order valence-corrected chi connectivity index (χ0v) is 12.1. The molecule has 104 valence electrons. The minimum atomic E-state index is 0.901. The van der Waals surface area contributed by atoms with Crippen LogP contribution >= 0.6 is 0 Å². The fourth-order valence-electron chi connectivity index (χ4n) is 3.49. The Morgan fingerprint density at radius 3 is 2.53 bits per heavy atom. The predicted molar refractivity (Wildman–Crippen MR) is 83.1 cm³/mol. The Bertz CT molecular complexity index is 415. The van der Waals surface area contributed by atoms with Gasteiger partial charge in [-0.05, 0) is 62.3 Å². The molecule has 1 heterocycles. The van der Waals surface area contributed by atoms with E-state index in [1.807, 2.05) is 0 Å². The lowest BCUT2D eigenvalue weighted by Crippen LogP contribution is -2.18. The van der Waals surface area contributed by atoms with Gasteiger partial charge in [-0.2, -0.15) is 0 Å². The predicted octanol–water partition coefficient (Wildman–Crippen LogP) is 4.20. The van der Waals surface area contributed by atoms with Crippen LogP contribution in [0.3, 0.4) is 0 Å². The Labute approximate surface area is 117 Å². The number of anilines is 2. The molecular weight excluding hydrogens is 232 g/mol. The summed E-state index contributed by atoms with van der Waals surface area (Å²) in [6.07, 6.45) is 8.38. The van der Waals surface area contributed by atoms with Crippen LogP contribution in [0.15, 0.2) is 18.2 Å². The van der Waals surface area contributed by atoms with E-state index in [0.29, 0.717) is 0 Å². The molecule has 2 nitrogen and oxygen atoms in total. The van der Waals surface area contributed by atoms with Crippen LogP contribution in [0.4, 0.5) is 11.4 Å². The van der Waals surface area contributed by atoms with Crippen molar-refractivity contribution in [3.05, 3.63) is 23.8 Å². The summed E-state index contributed by atoms with van der Waals surface area (Å²) in [6.45, 7) is 5.85. The molecule has 0 aromatic heterocycles. The maximum absolute atomic E-state index is 3.65. The molecule has 1 saturated heterocycles. The van der Waals surface area contributed by atoms with Crippen molar-refractivity contribution in [2.45, 2.75) is 45.4 Å². The summed E-state index contributed by atoms with van der Waals surface area (Å²) in [5, 5.41) is 3.65. The fourth-order valence-corrected chi connectivity index (χ4v) is 3.49. The Kier molecular flexibility index (Phi) is 3.95. The van der Waals surface area contributed by atoms with Crippen molar-refractivity contribution in [3.8, 4) is 0 Å². The molecule has 1 N–H and O–H groups in total. The summed E-state index contributed by atoms with van der Waals surface area (Å²) in [6, 6.07) is 6.91. The van der Waals surface area contributed by atoms with E-state index in [4.69, 9.17) is 0 Å². The average molecular weight is 258 g/mol. The summed E-state index contributed by atoms with van der Waals surface area (Å²) >= 11 is 0. The van der Waals surface area contributed by atoms with Gasteiger partial charge in [0.15, 0.2) is 0 Å². The molecule has 3 rings (SSSR count). The Morgan fingerprint density at radius 1 is 1.11 bits per heavy atom. The highest BCUT2D eigenvalue weighted by Crippen LogP contribution is 2.28. The van der Waals surface area contributed by atoms with Gasteiger partial charge in [0, 0.05) is 31.0 Å². The van der Waals surface area contributed by atoms with Crippen LogP contribution in [-0.2, 0) is 0 Å². The molecule has 0 unspecified atom stereocenters. The molecule has 0 atom stereocenters. The summed E-state index contributed by atoms with van der Waals surface area (Å²) in [5.74, 6) is 0.901. The van der Waals surface area contributed by atoms with E-state index in [9.17, 15) is 0 Å². The normalized spacial score (nSPS) is 20.2. The first-order valence-electron chi connectivity index (χ1n) is 7.92. The van der Waals surface area contributed by atoms with Crippen LogP contribution in [0.25, 0.3) is 0 Å². The molecule has 19 heavy (non-hydrogen) atoms. The number of benzene rings is 1. The second kappa shape index (κ2) is 5.85. The highest BCUT2D eigenvalue weighted by atomic mass is 15.1. The first-order valence-corrected chi connectivity index (χ1v) is 7.92. The summed E-state index contributed by atoms with van der Waals surface area (Å²) < 4.78 is 0. The molecule has 0 spiro atoms. The van der Waals surface area contributed by atoms with Crippen molar-refractivity contribution in [2.75, 3.05) is 29.9 Å². The maximum atomic E-state index is 3.65. The minimum Gasteiger partial charge on any atom is -0.385 e. The quantitative estimate of drug-likeness (QED) is 0.871. The number of nitrogens with one attached hydrogen (secondary N) is 1. The first-order chi connectivity index (χ1) is 9.33. The monoisotopic (exact) mass is 258 g/mol. The molecule has 0 amide bonds. The molecule has 2 heteroatoms. The van der Waals surface area contributed by atoms with E-state index in [-0.39, 0.29) is 0 Å². The van der Waals surface area contributed by atoms with E-state index in [2.05, 4.69) is 35.3 Å². The summed E-state index contributed by atoms with van der Waals surface area (Å²) in [7, 11) is 0. The molecule has 1 aliphatic carbocycles. The van der Waals surface area contributed by atoms with E-state index in [1.165, 1.54) is 68.6 Å². The van der Waals surface area contributed by atoms with Gasteiger partial charge in [-0.25, -0.2) is 0 Å². The van der Waals surface area contributed by atoms with Gasteiger partial charge in [0.2, 0.25) is 0 Å². The molecular formula is C17H26N2. The first kappa shape index (κ1) is 12.8. The number of aryl methyl sites for hydroxylation is 1. The molecule has 1 aliphatic heterocycles. The maximum Gasteiger partial charge on any atom is 0.0371 e. The van der Waals surface area contributed by atoms with Gasteiger partial charge in [-0.1, -0.05) is 12.8 Å². The Hall–Kier alpha value is -1.18. The lowest BCUT2D eigenvalue weighted by molar-refractivity contribution is 0.580. The molecule has 1 aromatic carbocycles. The fraction of sp³-hybridized carbons (Fsp3) is 0.647. The van der Waals surface area contributed by atoms with E-state index in [1.54, 1.807) is 0 Å². The standard InChI is InChI=1S/C17H26N2/c1-14-12-16(19-10-4-5-11-19)8-9-17(14)18-13-15-6-2-3-7-15/h8-9,12,15,18H,2-7,10-11,13H2,1H3. The lowest BCUT2D eigenvalue weighted by atomic mass is 10.1. The van der Waals surface area contributed by atoms with Crippen LogP contribution in [-0.4, -0.2) is 19.6 Å². The van der Waals surface area contributed by atoms with E-state index >= 15 is 0 Å². The van der Waals surface area contributed by atoms with Crippen LogP contribution in [0, 0.1) is 12.8 Å². The Balaban J connectivity index is 1.61. The zero-order valence-electron chi connectivity index (χ0n) is 12.1. The molecule has 1 saturated carbocycles. The van der Waals surface area contributed by atoms with Crippen molar-refractivity contribution in [1.82, 2.24) is 0 Å². The van der Waals surface area contributed by atoms with Crippen LogP contribution in [0.2, 0.25) is 0 Å².